The van der Waals surface area contributed by atoms with Crippen molar-refractivity contribution in [3.05, 3.63) is 29.8 Å². The van der Waals surface area contributed by atoms with Gasteiger partial charge in [-0.05, 0) is 30.7 Å². The first-order chi connectivity index (χ1) is 10.4. The van der Waals surface area contributed by atoms with Crippen LogP contribution in [0.2, 0.25) is 0 Å². The van der Waals surface area contributed by atoms with Gasteiger partial charge in [0.1, 0.15) is 5.75 Å². The summed E-state index contributed by atoms with van der Waals surface area (Å²) < 4.78 is 5.31. The van der Waals surface area contributed by atoms with E-state index in [9.17, 15) is 14.4 Å². The third-order valence-electron chi connectivity index (χ3n) is 2.88. The monoisotopic (exact) mass is 307 g/mol. The summed E-state index contributed by atoms with van der Waals surface area (Å²) in [5, 5.41) is 2.69. The van der Waals surface area contributed by atoms with Crippen molar-refractivity contribution in [2.45, 2.75) is 13.3 Å². The Morgan fingerprint density at radius 1 is 1.23 bits per heavy atom. The van der Waals surface area contributed by atoms with E-state index < -0.39 is 5.91 Å². The molecule has 0 heterocycles. The van der Waals surface area contributed by atoms with Crippen LogP contribution in [0.3, 0.4) is 0 Å². The number of rotatable bonds is 8. The number of primary amides is 1. The molecule has 7 nitrogen and oxygen atoms in total. The number of hydrogen-bond acceptors (Lipinski definition) is 4. The Labute approximate surface area is 129 Å². The van der Waals surface area contributed by atoms with E-state index in [2.05, 4.69) is 5.32 Å². The molecule has 7 heteroatoms. The summed E-state index contributed by atoms with van der Waals surface area (Å²) in [5.41, 5.74) is 5.49. The van der Waals surface area contributed by atoms with Crippen LogP contribution in [0, 0.1) is 0 Å². The van der Waals surface area contributed by atoms with Crippen LogP contribution in [-0.4, -0.2) is 49.4 Å². The van der Waals surface area contributed by atoms with Gasteiger partial charge >= 0.3 is 0 Å². The normalized spacial score (nSPS) is 9.91. The van der Waals surface area contributed by atoms with Crippen molar-refractivity contribution in [1.29, 1.82) is 0 Å². The highest BCUT2D eigenvalue weighted by Gasteiger charge is 2.13. The number of nitrogens with one attached hydrogen (secondary N) is 1. The lowest BCUT2D eigenvalue weighted by molar-refractivity contribution is -0.136. The van der Waals surface area contributed by atoms with Gasteiger partial charge in [-0.25, -0.2) is 0 Å². The van der Waals surface area contributed by atoms with Crippen molar-refractivity contribution < 1.29 is 19.1 Å². The van der Waals surface area contributed by atoms with E-state index in [1.54, 1.807) is 12.1 Å². The van der Waals surface area contributed by atoms with Gasteiger partial charge in [-0.3, -0.25) is 14.4 Å². The second-order valence-corrected chi connectivity index (χ2v) is 4.78. The molecule has 0 saturated heterocycles. The molecule has 1 aromatic rings. The van der Waals surface area contributed by atoms with Gasteiger partial charge in [-0.2, -0.15) is 0 Å². The zero-order chi connectivity index (χ0) is 16.5. The van der Waals surface area contributed by atoms with Crippen molar-refractivity contribution in [1.82, 2.24) is 10.2 Å². The molecule has 0 spiro atoms. The van der Waals surface area contributed by atoms with E-state index in [4.69, 9.17) is 10.5 Å². The Morgan fingerprint density at radius 2 is 1.86 bits per heavy atom. The van der Waals surface area contributed by atoms with Gasteiger partial charge in [0.2, 0.25) is 11.8 Å². The quantitative estimate of drug-likeness (QED) is 0.713. The topological polar surface area (TPSA) is 102 Å². The van der Waals surface area contributed by atoms with E-state index in [-0.39, 0.29) is 25.0 Å². The fraction of sp³-hybridized carbons (Fsp3) is 0.400. The van der Waals surface area contributed by atoms with Crippen LogP contribution in [0.4, 0.5) is 0 Å². The molecule has 0 aromatic heterocycles. The molecule has 0 radical (unpaired) electrons. The molecule has 0 atom stereocenters. The fourth-order valence-corrected chi connectivity index (χ4v) is 1.59. The Hall–Kier alpha value is -2.57. The lowest BCUT2D eigenvalue weighted by Gasteiger charge is -2.17. The zero-order valence-corrected chi connectivity index (χ0v) is 12.8. The highest BCUT2D eigenvalue weighted by Crippen LogP contribution is 2.11. The van der Waals surface area contributed by atoms with Crippen LogP contribution in [0.15, 0.2) is 24.3 Å². The van der Waals surface area contributed by atoms with Gasteiger partial charge < -0.3 is 20.7 Å². The number of ether oxygens (including phenoxy) is 1. The maximum Gasteiger partial charge on any atom is 0.260 e. The van der Waals surface area contributed by atoms with Crippen molar-refractivity contribution >= 4 is 17.7 Å². The standard InChI is InChI=1S/C15H21N3O4/c1-3-8-17-13(19)9-18(2)14(20)10-22-12-6-4-11(5-7-12)15(16)21/h4-7H,3,8-10H2,1-2H3,(H2,16,21)(H,17,19). The molecule has 0 bridgehead atoms. The van der Waals surface area contributed by atoms with Crippen molar-refractivity contribution in [3.63, 3.8) is 0 Å². The lowest BCUT2D eigenvalue weighted by Crippen LogP contribution is -2.40. The molecular formula is C15H21N3O4. The van der Waals surface area contributed by atoms with E-state index in [1.807, 2.05) is 6.92 Å². The summed E-state index contributed by atoms with van der Waals surface area (Å²) in [6, 6.07) is 6.15. The van der Waals surface area contributed by atoms with Gasteiger partial charge in [-0.1, -0.05) is 6.92 Å². The molecule has 0 saturated carbocycles. The van der Waals surface area contributed by atoms with Crippen LogP contribution in [0.25, 0.3) is 0 Å². The van der Waals surface area contributed by atoms with Gasteiger partial charge in [0.05, 0.1) is 6.54 Å². The molecule has 0 aliphatic rings. The number of benzene rings is 1. The number of hydrogen-bond donors (Lipinski definition) is 2. The Kier molecular flexibility index (Phi) is 6.88. The molecule has 3 amide bonds. The molecule has 0 aliphatic heterocycles. The fourth-order valence-electron chi connectivity index (χ4n) is 1.59. The third kappa shape index (κ3) is 5.82. The summed E-state index contributed by atoms with van der Waals surface area (Å²) in [7, 11) is 1.54. The maximum atomic E-state index is 11.8. The van der Waals surface area contributed by atoms with E-state index in [0.717, 1.165) is 6.42 Å². The first kappa shape index (κ1) is 17.5. The van der Waals surface area contributed by atoms with Crippen LogP contribution >= 0.6 is 0 Å². The molecular weight excluding hydrogens is 286 g/mol. The summed E-state index contributed by atoms with van der Waals surface area (Å²) in [5.74, 6) is -0.600. The minimum Gasteiger partial charge on any atom is -0.484 e. The first-order valence-corrected chi connectivity index (χ1v) is 6.97. The number of carbonyl (C=O) groups is 3. The number of likely N-dealkylation sites (N-methyl/N-ethyl adjacent to an activating group) is 1. The zero-order valence-electron chi connectivity index (χ0n) is 12.8. The second kappa shape index (κ2) is 8.66. The van der Waals surface area contributed by atoms with Gasteiger partial charge in [0.25, 0.3) is 5.91 Å². The molecule has 22 heavy (non-hydrogen) atoms. The summed E-state index contributed by atoms with van der Waals surface area (Å²) >= 11 is 0. The summed E-state index contributed by atoms with van der Waals surface area (Å²) in [6.07, 6.45) is 0.841. The molecule has 0 unspecified atom stereocenters. The molecule has 0 aliphatic carbocycles. The van der Waals surface area contributed by atoms with Crippen molar-refractivity contribution in [3.8, 4) is 5.75 Å². The van der Waals surface area contributed by atoms with Crippen LogP contribution < -0.4 is 15.8 Å². The minimum atomic E-state index is -0.527. The Balaban J connectivity index is 2.41. The molecule has 0 fully saturated rings. The third-order valence-corrected chi connectivity index (χ3v) is 2.88. The minimum absolute atomic E-state index is 0.0111. The SMILES string of the molecule is CCCNC(=O)CN(C)C(=O)COc1ccc(C(N)=O)cc1. The predicted molar refractivity (Wildman–Crippen MR) is 81.4 cm³/mol. The highest BCUT2D eigenvalue weighted by atomic mass is 16.5. The van der Waals surface area contributed by atoms with Crippen molar-refractivity contribution in [2.24, 2.45) is 5.73 Å². The first-order valence-electron chi connectivity index (χ1n) is 6.97. The number of nitrogens with zero attached hydrogens (tertiary/aromatic N) is 1. The molecule has 120 valence electrons. The Morgan fingerprint density at radius 3 is 2.41 bits per heavy atom. The van der Waals surface area contributed by atoms with Crippen molar-refractivity contribution in [2.75, 3.05) is 26.7 Å². The highest BCUT2D eigenvalue weighted by molar-refractivity contribution is 5.92. The predicted octanol–water partition coefficient (Wildman–Crippen LogP) is 0.149. The second-order valence-electron chi connectivity index (χ2n) is 4.78. The van der Waals surface area contributed by atoms with Crippen LogP contribution in [-0.2, 0) is 9.59 Å². The molecule has 1 aromatic carbocycles. The summed E-state index contributed by atoms with van der Waals surface area (Å²) in [4.78, 5) is 35.6. The number of amides is 3. The number of carbonyl (C=O) groups excluding carboxylic acids is 3. The average Bonchev–Trinajstić information content (AvgIpc) is 2.50. The largest absolute Gasteiger partial charge is 0.484 e. The molecule has 3 N–H and O–H groups in total. The Bertz CT molecular complexity index is 528. The van der Waals surface area contributed by atoms with Crippen LogP contribution in [0.5, 0.6) is 5.75 Å². The van der Waals surface area contributed by atoms with Gasteiger partial charge in [0.15, 0.2) is 6.61 Å². The average molecular weight is 307 g/mol. The van der Waals surface area contributed by atoms with E-state index in [1.165, 1.54) is 24.1 Å². The van der Waals surface area contributed by atoms with E-state index >= 15 is 0 Å². The van der Waals surface area contributed by atoms with Gasteiger partial charge in [-0.15, -0.1) is 0 Å². The van der Waals surface area contributed by atoms with Crippen LogP contribution in [0.1, 0.15) is 23.7 Å². The summed E-state index contributed by atoms with van der Waals surface area (Å²) in [6.45, 7) is 2.34. The van der Waals surface area contributed by atoms with E-state index in [0.29, 0.717) is 17.9 Å². The smallest absolute Gasteiger partial charge is 0.260 e. The maximum absolute atomic E-state index is 11.8. The number of nitrogens with two attached hydrogens (primary N) is 1. The molecule has 1 rings (SSSR count). The van der Waals surface area contributed by atoms with Gasteiger partial charge in [0, 0.05) is 19.2 Å². The lowest BCUT2D eigenvalue weighted by atomic mass is 10.2.